The minimum atomic E-state index is -0.877. The summed E-state index contributed by atoms with van der Waals surface area (Å²) >= 11 is 7.26. The topological polar surface area (TPSA) is 116 Å². The van der Waals surface area contributed by atoms with E-state index in [1.165, 1.54) is 11.3 Å². The van der Waals surface area contributed by atoms with Crippen molar-refractivity contribution in [2.75, 3.05) is 5.73 Å². The third-order valence-electron chi connectivity index (χ3n) is 3.20. The monoisotopic (exact) mass is 351 g/mol. The Kier molecular flexibility index (Phi) is 3.97. The molecular weight excluding hydrogens is 342 g/mol. The summed E-state index contributed by atoms with van der Waals surface area (Å²) in [4.78, 5) is 26.2. The summed E-state index contributed by atoms with van der Waals surface area (Å²) in [6.45, 7) is 0. The average Bonchev–Trinajstić information content (AvgIpc) is 2.89. The van der Waals surface area contributed by atoms with Gasteiger partial charge in [0.25, 0.3) is 0 Å². The second-order valence-corrected chi connectivity index (χ2v) is 6.14. The summed E-state index contributed by atoms with van der Waals surface area (Å²) in [5.41, 5.74) is 4.80. The van der Waals surface area contributed by atoms with Crippen molar-refractivity contribution >= 4 is 39.4 Å². The molecular formula is C13H10ClN5O3S. The van der Waals surface area contributed by atoms with E-state index in [2.05, 4.69) is 10.1 Å². The van der Waals surface area contributed by atoms with Gasteiger partial charge in [-0.05, 0) is 18.1 Å². The van der Waals surface area contributed by atoms with Crippen molar-refractivity contribution in [2.24, 2.45) is 0 Å². The molecule has 0 atom stereocenters. The first-order chi connectivity index (χ1) is 11.0. The zero-order chi connectivity index (χ0) is 16.6. The van der Waals surface area contributed by atoms with Crippen LogP contribution in [-0.2, 0) is 12.8 Å². The number of aryl methyl sites for hydroxylation is 2. The van der Waals surface area contributed by atoms with Crippen LogP contribution < -0.4 is 11.3 Å². The molecule has 1 aromatic carbocycles. The Morgan fingerprint density at radius 3 is 2.78 bits per heavy atom. The second kappa shape index (κ2) is 5.94. The molecule has 0 saturated carbocycles. The van der Waals surface area contributed by atoms with Crippen molar-refractivity contribution in [1.82, 2.24) is 14.6 Å². The third-order valence-corrected chi connectivity index (χ3v) is 4.54. The van der Waals surface area contributed by atoms with Gasteiger partial charge in [-0.1, -0.05) is 41.1 Å². The highest BCUT2D eigenvalue weighted by atomic mass is 35.5. The van der Waals surface area contributed by atoms with Gasteiger partial charge in [-0.2, -0.15) is 14.6 Å². The van der Waals surface area contributed by atoms with Crippen molar-refractivity contribution in [3.8, 4) is 0 Å². The van der Waals surface area contributed by atoms with E-state index in [0.29, 0.717) is 22.9 Å². The van der Waals surface area contributed by atoms with E-state index < -0.39 is 22.0 Å². The van der Waals surface area contributed by atoms with E-state index in [-0.39, 0.29) is 4.96 Å². The standard InChI is InChI=1S/C13H10ClN5O3S/c14-8-4-2-1-3-7(8)5-6-9-17-18-12(20)10(19(21)22)11(15)16-13(18)23-9/h1-4H,5-6,15H2. The number of fused-ring (bicyclic) bond motifs is 1. The molecule has 2 heterocycles. The van der Waals surface area contributed by atoms with Crippen LogP contribution in [0.15, 0.2) is 29.1 Å². The van der Waals surface area contributed by atoms with Crippen LogP contribution in [0.1, 0.15) is 10.6 Å². The Labute approximate surface area is 138 Å². The lowest BCUT2D eigenvalue weighted by Gasteiger charge is -2.00. The summed E-state index contributed by atoms with van der Waals surface area (Å²) in [6.07, 6.45) is 1.16. The maximum Gasteiger partial charge on any atom is 0.377 e. The van der Waals surface area contributed by atoms with Crippen LogP contribution in [0.5, 0.6) is 0 Å². The number of hydrogen-bond acceptors (Lipinski definition) is 7. The fraction of sp³-hybridized carbons (Fsp3) is 0.154. The quantitative estimate of drug-likeness (QED) is 0.568. The summed E-state index contributed by atoms with van der Waals surface area (Å²) in [5, 5.41) is 16.2. The molecule has 2 N–H and O–H groups in total. The van der Waals surface area contributed by atoms with Crippen LogP contribution in [0, 0.1) is 10.1 Å². The van der Waals surface area contributed by atoms with E-state index in [1.54, 1.807) is 6.07 Å². The summed E-state index contributed by atoms with van der Waals surface area (Å²) < 4.78 is 0.918. The average molecular weight is 352 g/mol. The molecule has 0 spiro atoms. The van der Waals surface area contributed by atoms with Gasteiger partial charge in [0, 0.05) is 11.4 Å². The van der Waals surface area contributed by atoms with Crippen molar-refractivity contribution < 1.29 is 4.92 Å². The van der Waals surface area contributed by atoms with Gasteiger partial charge in [0.05, 0.1) is 4.92 Å². The number of nitrogens with two attached hydrogens (primary N) is 1. The molecule has 10 heteroatoms. The van der Waals surface area contributed by atoms with Gasteiger partial charge in [0.15, 0.2) is 0 Å². The minimum Gasteiger partial charge on any atom is -0.378 e. The highest BCUT2D eigenvalue weighted by Crippen LogP contribution is 2.21. The first kappa shape index (κ1) is 15.4. The number of nitro groups is 1. The molecule has 0 unspecified atom stereocenters. The highest BCUT2D eigenvalue weighted by molar-refractivity contribution is 7.16. The van der Waals surface area contributed by atoms with Gasteiger partial charge < -0.3 is 5.73 Å². The number of rotatable bonds is 4. The largest absolute Gasteiger partial charge is 0.378 e. The van der Waals surface area contributed by atoms with Crippen molar-refractivity contribution in [3.05, 3.63) is 60.3 Å². The molecule has 0 aliphatic heterocycles. The fourth-order valence-corrected chi connectivity index (χ4v) is 3.23. The first-order valence-corrected chi connectivity index (χ1v) is 7.73. The molecule has 3 rings (SSSR count). The third kappa shape index (κ3) is 2.88. The number of aromatic nitrogens is 3. The Balaban J connectivity index is 1.95. The van der Waals surface area contributed by atoms with E-state index in [1.807, 2.05) is 18.2 Å². The number of nitrogen functional groups attached to an aromatic ring is 1. The van der Waals surface area contributed by atoms with Crippen LogP contribution in [0.2, 0.25) is 5.02 Å². The normalized spacial score (nSPS) is 11.0. The van der Waals surface area contributed by atoms with Gasteiger partial charge in [0.2, 0.25) is 10.8 Å². The van der Waals surface area contributed by atoms with E-state index in [0.717, 1.165) is 10.1 Å². The van der Waals surface area contributed by atoms with Crippen LogP contribution in [-0.4, -0.2) is 19.5 Å². The molecule has 0 fully saturated rings. The smallest absolute Gasteiger partial charge is 0.377 e. The van der Waals surface area contributed by atoms with Crippen LogP contribution in [0.3, 0.4) is 0 Å². The lowest BCUT2D eigenvalue weighted by Crippen LogP contribution is -2.20. The minimum absolute atomic E-state index is 0.229. The van der Waals surface area contributed by atoms with Crippen LogP contribution in [0.25, 0.3) is 4.96 Å². The predicted octanol–water partition coefficient (Wildman–Crippen LogP) is 2.08. The number of nitrogens with zero attached hydrogens (tertiary/aromatic N) is 4. The second-order valence-electron chi connectivity index (χ2n) is 4.69. The van der Waals surface area contributed by atoms with Gasteiger partial charge in [-0.25, -0.2) is 0 Å². The molecule has 0 saturated heterocycles. The SMILES string of the molecule is Nc1nc2sc(CCc3ccccc3Cl)nn2c(=O)c1[N+](=O)[O-]. The molecule has 0 aliphatic carbocycles. The van der Waals surface area contributed by atoms with Crippen molar-refractivity contribution in [1.29, 1.82) is 0 Å². The molecule has 0 aliphatic rings. The van der Waals surface area contributed by atoms with Gasteiger partial charge in [0.1, 0.15) is 5.01 Å². The lowest BCUT2D eigenvalue weighted by atomic mass is 10.1. The molecule has 0 radical (unpaired) electrons. The van der Waals surface area contributed by atoms with E-state index in [4.69, 9.17) is 17.3 Å². The van der Waals surface area contributed by atoms with Crippen LogP contribution >= 0.6 is 22.9 Å². The summed E-state index contributed by atoms with van der Waals surface area (Å²) in [7, 11) is 0. The zero-order valence-corrected chi connectivity index (χ0v) is 13.2. The maximum absolute atomic E-state index is 12.1. The van der Waals surface area contributed by atoms with E-state index >= 15 is 0 Å². The Morgan fingerprint density at radius 1 is 1.35 bits per heavy atom. The molecule has 118 valence electrons. The Bertz CT molecular complexity index is 968. The van der Waals surface area contributed by atoms with Crippen molar-refractivity contribution in [2.45, 2.75) is 12.8 Å². The number of benzene rings is 1. The Morgan fingerprint density at radius 2 is 2.09 bits per heavy atom. The highest BCUT2D eigenvalue weighted by Gasteiger charge is 2.23. The molecule has 0 bridgehead atoms. The number of halogens is 1. The predicted molar refractivity (Wildman–Crippen MR) is 87.1 cm³/mol. The van der Waals surface area contributed by atoms with E-state index in [9.17, 15) is 14.9 Å². The maximum atomic E-state index is 12.1. The van der Waals surface area contributed by atoms with Gasteiger partial charge >= 0.3 is 11.2 Å². The zero-order valence-electron chi connectivity index (χ0n) is 11.6. The molecule has 23 heavy (non-hydrogen) atoms. The van der Waals surface area contributed by atoms with Gasteiger partial charge in [-0.3, -0.25) is 14.9 Å². The molecule has 8 nitrogen and oxygen atoms in total. The molecule has 0 amide bonds. The number of anilines is 1. The summed E-state index contributed by atoms with van der Waals surface area (Å²) in [6, 6.07) is 7.43. The summed E-state index contributed by atoms with van der Waals surface area (Å²) in [5.74, 6) is -0.402. The van der Waals surface area contributed by atoms with Crippen molar-refractivity contribution in [3.63, 3.8) is 0 Å². The van der Waals surface area contributed by atoms with Gasteiger partial charge in [-0.15, -0.1) is 0 Å². The number of hydrogen-bond donors (Lipinski definition) is 1. The Hall–Kier alpha value is -2.52. The molecule has 2 aromatic heterocycles. The lowest BCUT2D eigenvalue weighted by molar-refractivity contribution is -0.385. The fourth-order valence-electron chi connectivity index (χ4n) is 2.11. The molecule has 3 aromatic rings. The van der Waals surface area contributed by atoms with Crippen LogP contribution in [0.4, 0.5) is 11.5 Å². The first-order valence-electron chi connectivity index (χ1n) is 6.53.